The molecule has 2 saturated heterocycles. The number of carbonyl (C=O) groups is 1. The third-order valence-corrected chi connectivity index (χ3v) is 9.38. The van der Waals surface area contributed by atoms with Gasteiger partial charge in [0, 0.05) is 47.7 Å². The Morgan fingerprint density at radius 1 is 1.11 bits per heavy atom. The molecule has 4 aromatic rings. The number of aromatic nitrogens is 2. The topological polar surface area (TPSA) is 76.5 Å². The smallest absolute Gasteiger partial charge is 0.265 e. The first-order chi connectivity index (χ1) is 21.7. The van der Waals surface area contributed by atoms with Gasteiger partial charge < -0.3 is 15.0 Å². The maximum atomic E-state index is 14.6. The summed E-state index contributed by atoms with van der Waals surface area (Å²) in [5.74, 6) is 0.467. The number of alkyl halides is 2. The SMILES string of the molecule is CCc1ccc(OC)cc1-n1c(C=C(C)C)c(C(=O)N2C[C@H]3CC[C@@H](C2)N3)cc(-c2nc(-c3ccc(C(F)F)cc3)cs2)c1=O. The van der Waals surface area contributed by atoms with E-state index in [4.69, 9.17) is 9.72 Å². The summed E-state index contributed by atoms with van der Waals surface area (Å²) in [5, 5.41) is 5.84. The normalized spacial score (nSPS) is 17.5. The number of pyridine rings is 1. The molecule has 6 rings (SSSR count). The second kappa shape index (κ2) is 12.7. The summed E-state index contributed by atoms with van der Waals surface area (Å²) >= 11 is 1.28. The van der Waals surface area contributed by atoms with Crippen molar-refractivity contribution in [2.45, 2.75) is 58.5 Å². The Hall–Kier alpha value is -4.15. The molecule has 234 valence electrons. The molecule has 1 amide bonds. The minimum Gasteiger partial charge on any atom is -0.497 e. The van der Waals surface area contributed by atoms with E-state index in [1.165, 1.54) is 23.5 Å². The number of likely N-dealkylation sites (tertiary alicyclic amines) is 1. The maximum Gasteiger partial charge on any atom is 0.265 e. The molecule has 2 aromatic carbocycles. The van der Waals surface area contributed by atoms with Crippen LogP contribution in [0.2, 0.25) is 0 Å². The molecule has 0 spiro atoms. The number of fused-ring (bicyclic) bond motifs is 2. The number of hydrogen-bond acceptors (Lipinski definition) is 6. The van der Waals surface area contributed by atoms with Crippen molar-refractivity contribution in [3.63, 3.8) is 0 Å². The molecule has 2 aliphatic heterocycles. The first-order valence-electron chi connectivity index (χ1n) is 15.2. The number of rotatable bonds is 8. The highest BCUT2D eigenvalue weighted by Crippen LogP contribution is 2.33. The van der Waals surface area contributed by atoms with Crippen LogP contribution in [0.5, 0.6) is 5.75 Å². The van der Waals surface area contributed by atoms with Crippen molar-refractivity contribution in [3.05, 3.63) is 92.2 Å². The number of piperazine rings is 1. The van der Waals surface area contributed by atoms with E-state index >= 15 is 0 Å². The average Bonchev–Trinajstić information content (AvgIpc) is 3.66. The Balaban J connectivity index is 1.57. The summed E-state index contributed by atoms with van der Waals surface area (Å²) < 4.78 is 33.5. The third kappa shape index (κ3) is 6.09. The minimum absolute atomic E-state index is 0.0681. The van der Waals surface area contributed by atoms with E-state index in [1.54, 1.807) is 35.3 Å². The second-order valence-electron chi connectivity index (χ2n) is 11.9. The molecule has 2 aliphatic rings. The summed E-state index contributed by atoms with van der Waals surface area (Å²) in [6, 6.07) is 13.8. The number of aryl methyl sites for hydroxylation is 1. The lowest BCUT2D eigenvalue weighted by atomic mass is 10.0. The fraction of sp³-hybridized carbons (Fsp3) is 0.343. The van der Waals surface area contributed by atoms with E-state index in [9.17, 15) is 18.4 Å². The Kier molecular flexibility index (Phi) is 8.70. The van der Waals surface area contributed by atoms with Crippen molar-refractivity contribution >= 4 is 23.3 Å². The number of ether oxygens (including phenoxy) is 1. The summed E-state index contributed by atoms with van der Waals surface area (Å²) in [5.41, 5.74) is 4.60. The van der Waals surface area contributed by atoms with E-state index in [-0.39, 0.29) is 29.1 Å². The van der Waals surface area contributed by atoms with Crippen LogP contribution in [-0.4, -0.2) is 52.6 Å². The number of benzene rings is 2. The summed E-state index contributed by atoms with van der Waals surface area (Å²) in [6.45, 7) is 7.12. The first kappa shape index (κ1) is 30.9. The zero-order valence-electron chi connectivity index (χ0n) is 25.8. The van der Waals surface area contributed by atoms with Gasteiger partial charge >= 0.3 is 0 Å². The van der Waals surface area contributed by atoms with Crippen LogP contribution in [0.25, 0.3) is 33.6 Å². The first-order valence-corrected chi connectivity index (χ1v) is 16.1. The Labute approximate surface area is 265 Å². The van der Waals surface area contributed by atoms with Crippen LogP contribution in [0.1, 0.15) is 67.2 Å². The number of allylic oxidation sites excluding steroid dienone is 1. The molecule has 2 aromatic heterocycles. The van der Waals surface area contributed by atoms with Gasteiger partial charge in [-0.25, -0.2) is 13.8 Å². The van der Waals surface area contributed by atoms with E-state index in [2.05, 4.69) is 5.32 Å². The molecule has 0 radical (unpaired) electrons. The van der Waals surface area contributed by atoms with Gasteiger partial charge in [0.1, 0.15) is 10.8 Å². The lowest BCUT2D eigenvalue weighted by Gasteiger charge is -2.33. The van der Waals surface area contributed by atoms with Crippen molar-refractivity contribution in [1.82, 2.24) is 19.8 Å². The van der Waals surface area contributed by atoms with Crippen molar-refractivity contribution in [1.29, 1.82) is 0 Å². The molecule has 0 unspecified atom stereocenters. The lowest BCUT2D eigenvalue weighted by molar-refractivity contribution is 0.0696. The van der Waals surface area contributed by atoms with E-state index in [0.717, 1.165) is 24.0 Å². The Morgan fingerprint density at radius 3 is 2.44 bits per heavy atom. The number of nitrogens with one attached hydrogen (secondary N) is 1. The minimum atomic E-state index is -2.56. The zero-order valence-corrected chi connectivity index (χ0v) is 26.6. The molecule has 2 fully saturated rings. The fourth-order valence-corrected chi connectivity index (χ4v) is 7.09. The van der Waals surface area contributed by atoms with Crippen LogP contribution < -0.4 is 15.6 Å². The molecule has 2 bridgehead atoms. The number of carbonyl (C=O) groups excluding carboxylic acids is 1. The highest BCUT2D eigenvalue weighted by atomic mass is 32.1. The second-order valence-corrected chi connectivity index (χ2v) is 12.7. The highest BCUT2D eigenvalue weighted by molar-refractivity contribution is 7.13. The fourth-order valence-electron chi connectivity index (χ4n) is 6.25. The van der Waals surface area contributed by atoms with Crippen LogP contribution >= 0.6 is 11.3 Å². The summed E-state index contributed by atoms with van der Waals surface area (Å²) in [7, 11) is 1.58. The van der Waals surface area contributed by atoms with Crippen molar-refractivity contribution in [3.8, 4) is 33.3 Å². The van der Waals surface area contributed by atoms with Gasteiger partial charge in [-0.05, 0) is 56.9 Å². The summed E-state index contributed by atoms with van der Waals surface area (Å²) in [6.07, 6.45) is 2.05. The van der Waals surface area contributed by atoms with Crippen molar-refractivity contribution in [2.24, 2.45) is 0 Å². The largest absolute Gasteiger partial charge is 0.497 e. The van der Waals surface area contributed by atoms with Gasteiger partial charge in [0.05, 0.1) is 35.3 Å². The molecule has 45 heavy (non-hydrogen) atoms. The number of thiazole rings is 1. The Morgan fingerprint density at radius 2 is 1.82 bits per heavy atom. The molecule has 2 atom stereocenters. The van der Waals surface area contributed by atoms with Crippen LogP contribution in [0.15, 0.2) is 64.3 Å². The average molecular weight is 631 g/mol. The van der Waals surface area contributed by atoms with Gasteiger partial charge in [0.2, 0.25) is 0 Å². The Bertz CT molecular complexity index is 1810. The molecule has 1 N–H and O–H groups in total. The van der Waals surface area contributed by atoms with Gasteiger partial charge in [0.25, 0.3) is 17.9 Å². The molecular formula is C35H36F2N4O3S. The zero-order chi connectivity index (χ0) is 31.8. The monoisotopic (exact) mass is 630 g/mol. The predicted octanol–water partition coefficient (Wildman–Crippen LogP) is 7.14. The van der Waals surface area contributed by atoms with Gasteiger partial charge in [-0.3, -0.25) is 14.2 Å². The van der Waals surface area contributed by atoms with Crippen LogP contribution in [0, 0.1) is 0 Å². The van der Waals surface area contributed by atoms with Gasteiger partial charge in [0.15, 0.2) is 0 Å². The highest BCUT2D eigenvalue weighted by Gasteiger charge is 2.36. The van der Waals surface area contributed by atoms with Gasteiger partial charge in [-0.15, -0.1) is 11.3 Å². The molecular weight excluding hydrogens is 594 g/mol. The number of halogens is 2. The van der Waals surface area contributed by atoms with E-state index < -0.39 is 6.43 Å². The quantitative estimate of drug-likeness (QED) is 0.224. The van der Waals surface area contributed by atoms with Crippen LogP contribution in [0.3, 0.4) is 0 Å². The van der Waals surface area contributed by atoms with Gasteiger partial charge in [-0.2, -0.15) is 0 Å². The third-order valence-electron chi connectivity index (χ3n) is 8.51. The lowest BCUT2D eigenvalue weighted by Crippen LogP contribution is -2.53. The molecule has 7 nitrogen and oxygen atoms in total. The van der Waals surface area contributed by atoms with Gasteiger partial charge in [-0.1, -0.05) is 42.8 Å². The van der Waals surface area contributed by atoms with Crippen LogP contribution in [0.4, 0.5) is 8.78 Å². The van der Waals surface area contributed by atoms with Crippen LogP contribution in [-0.2, 0) is 6.42 Å². The van der Waals surface area contributed by atoms with E-state index in [0.29, 0.717) is 64.0 Å². The van der Waals surface area contributed by atoms with E-state index in [1.807, 2.05) is 49.9 Å². The standard InChI is InChI=1S/C35H36F2N4O3S/c1-5-21-10-13-26(44-4)15-30(21)41-31(14-20(2)3)27(34(42)40-17-24-11-12-25(18-40)38-24)16-28(35(41)43)33-39-29(19-45-33)22-6-8-23(9-7-22)32(36)37/h6-10,13-16,19,24-25,32,38H,5,11-12,17-18H2,1-4H3/t24-,25+. The number of nitrogens with zero attached hydrogens (tertiary/aromatic N) is 3. The maximum absolute atomic E-state index is 14.6. The molecule has 0 saturated carbocycles. The predicted molar refractivity (Wildman–Crippen MR) is 175 cm³/mol. The number of methoxy groups -OCH3 is 1. The van der Waals surface area contributed by atoms with Crippen molar-refractivity contribution < 1.29 is 18.3 Å². The molecule has 4 heterocycles. The molecule has 0 aliphatic carbocycles. The van der Waals surface area contributed by atoms with Crippen molar-refractivity contribution in [2.75, 3.05) is 20.2 Å². The number of amides is 1. The molecule has 10 heteroatoms. The number of hydrogen-bond donors (Lipinski definition) is 1. The summed E-state index contributed by atoms with van der Waals surface area (Å²) in [4.78, 5) is 35.7.